The van der Waals surface area contributed by atoms with E-state index in [2.05, 4.69) is 10.2 Å². The maximum absolute atomic E-state index is 17.2. The third-order valence-electron chi connectivity index (χ3n) is 9.92. The highest BCUT2D eigenvalue weighted by atomic mass is 19.1. The molecule has 0 bridgehead atoms. The fraction of sp³-hybridized carbons (Fsp3) is 0.704. The van der Waals surface area contributed by atoms with Gasteiger partial charge >= 0.3 is 5.97 Å². The van der Waals surface area contributed by atoms with Crippen molar-refractivity contribution >= 4 is 23.4 Å². The molecule has 0 heterocycles. The minimum atomic E-state index is -2.54. The van der Waals surface area contributed by atoms with Gasteiger partial charge in [-0.2, -0.15) is 0 Å². The molecule has 42 heavy (non-hydrogen) atoms. The minimum absolute atomic E-state index is 0.0123. The highest BCUT2D eigenvalue weighted by molar-refractivity contribution is 5.94. The molecule has 0 aromatic carbocycles. The van der Waals surface area contributed by atoms with Crippen LogP contribution in [0, 0.1) is 32.8 Å². The summed E-state index contributed by atoms with van der Waals surface area (Å²) in [7, 11) is 0. The first-order valence-corrected chi connectivity index (χ1v) is 13.6. The van der Waals surface area contributed by atoms with Crippen molar-refractivity contribution in [2.75, 3.05) is 19.8 Å². The van der Waals surface area contributed by atoms with Gasteiger partial charge in [-0.1, -0.05) is 24.6 Å². The largest absolute Gasteiger partial charge is 0.456 e. The third-order valence-corrected chi connectivity index (χ3v) is 9.92. The van der Waals surface area contributed by atoms with E-state index in [0.29, 0.717) is 5.57 Å². The first kappa shape index (κ1) is 31.7. The lowest BCUT2D eigenvalue weighted by Gasteiger charge is -2.61. The van der Waals surface area contributed by atoms with E-state index in [1.807, 2.05) is 0 Å². The molecule has 1 unspecified atom stereocenters. The van der Waals surface area contributed by atoms with E-state index in [4.69, 9.17) is 4.74 Å². The molecule has 0 saturated heterocycles. The second kappa shape index (κ2) is 11.1. The van der Waals surface area contributed by atoms with Gasteiger partial charge in [-0.05, 0) is 38.2 Å². The van der Waals surface area contributed by atoms with Crippen LogP contribution in [0.3, 0.4) is 0 Å². The fourth-order valence-electron chi connectivity index (χ4n) is 7.64. The van der Waals surface area contributed by atoms with Gasteiger partial charge in [-0.15, -0.1) is 10.1 Å². The SMILES string of the molecule is C[C@]12C=CC(=O)CC1=CC[C@H]1[C@@H]3C[C@@H](O)[C@](O)(C(=O)COC(=O)C(CO)NC(=O)CCO[N+](=O)[O-])[C@@]3(C)C[C@H](O)[C@@]12F. The molecule has 0 aromatic rings. The number of nitrogens with zero attached hydrogens (tertiary/aromatic N) is 1. The quantitative estimate of drug-likeness (QED) is 0.0907. The molecule has 4 aliphatic carbocycles. The van der Waals surface area contributed by atoms with Crippen LogP contribution in [0.25, 0.3) is 0 Å². The second-order valence-electron chi connectivity index (χ2n) is 11.9. The van der Waals surface area contributed by atoms with E-state index in [0.717, 1.165) is 0 Å². The van der Waals surface area contributed by atoms with Gasteiger partial charge in [0.25, 0.3) is 5.09 Å². The minimum Gasteiger partial charge on any atom is -0.456 e. The summed E-state index contributed by atoms with van der Waals surface area (Å²) < 4.78 is 22.1. The number of amides is 1. The van der Waals surface area contributed by atoms with Gasteiger partial charge in [0.15, 0.2) is 29.7 Å². The summed E-state index contributed by atoms with van der Waals surface area (Å²) in [5.41, 5.74) is -7.09. The van der Waals surface area contributed by atoms with Crippen LogP contribution in [0.2, 0.25) is 0 Å². The zero-order chi connectivity index (χ0) is 31.3. The average molecular weight is 599 g/mol. The summed E-state index contributed by atoms with van der Waals surface area (Å²) >= 11 is 0. The van der Waals surface area contributed by atoms with Crippen LogP contribution in [0.15, 0.2) is 23.8 Å². The van der Waals surface area contributed by atoms with Gasteiger partial charge in [0, 0.05) is 23.2 Å². The third kappa shape index (κ3) is 4.71. The molecule has 0 radical (unpaired) electrons. The van der Waals surface area contributed by atoms with Crippen LogP contribution >= 0.6 is 0 Å². The Balaban J connectivity index is 1.50. The van der Waals surface area contributed by atoms with Crippen LogP contribution in [-0.4, -0.2) is 98.3 Å². The van der Waals surface area contributed by atoms with E-state index in [1.165, 1.54) is 19.1 Å². The van der Waals surface area contributed by atoms with Crippen molar-refractivity contribution in [3.8, 4) is 0 Å². The number of nitrogens with one attached hydrogen (secondary N) is 1. The van der Waals surface area contributed by atoms with Crippen molar-refractivity contribution < 1.29 is 58.7 Å². The number of alkyl halides is 1. The Hall–Kier alpha value is -3.27. The molecular formula is C27H35FN2O12. The molecule has 0 spiro atoms. The molecule has 1 amide bonds. The molecule has 14 nitrogen and oxygen atoms in total. The van der Waals surface area contributed by atoms with Gasteiger partial charge in [-0.3, -0.25) is 14.4 Å². The number of carbonyl (C=O) groups excluding carboxylic acids is 4. The molecule has 9 atom stereocenters. The number of aliphatic hydroxyl groups excluding tert-OH is 3. The zero-order valence-corrected chi connectivity index (χ0v) is 23.2. The van der Waals surface area contributed by atoms with Crippen molar-refractivity contribution in [3.05, 3.63) is 33.9 Å². The molecule has 4 aliphatic rings. The predicted octanol–water partition coefficient (Wildman–Crippen LogP) is -0.753. The lowest BCUT2D eigenvalue weighted by Crippen LogP contribution is -2.69. The molecule has 2 saturated carbocycles. The van der Waals surface area contributed by atoms with Crippen LogP contribution in [-0.2, 0) is 28.8 Å². The fourth-order valence-corrected chi connectivity index (χ4v) is 7.64. The Bertz CT molecular complexity index is 1240. The molecule has 5 N–H and O–H groups in total. The molecule has 0 aromatic heterocycles. The van der Waals surface area contributed by atoms with Crippen LogP contribution in [0.4, 0.5) is 4.39 Å². The van der Waals surface area contributed by atoms with Crippen molar-refractivity contribution in [1.82, 2.24) is 5.32 Å². The van der Waals surface area contributed by atoms with E-state index in [-0.39, 0.29) is 25.0 Å². The van der Waals surface area contributed by atoms with Crippen LogP contribution in [0.1, 0.15) is 46.0 Å². The summed E-state index contributed by atoms with van der Waals surface area (Å²) in [5, 5.41) is 54.7. The van der Waals surface area contributed by atoms with Crippen molar-refractivity contribution in [1.29, 1.82) is 0 Å². The number of aliphatic hydroxyl groups is 4. The van der Waals surface area contributed by atoms with Crippen LogP contribution in [0.5, 0.6) is 0 Å². The van der Waals surface area contributed by atoms with E-state index < -0.39 is 108 Å². The maximum Gasteiger partial charge on any atom is 0.331 e. The van der Waals surface area contributed by atoms with Gasteiger partial charge in [0.05, 0.1) is 25.2 Å². The molecule has 4 rings (SSSR count). The first-order chi connectivity index (χ1) is 19.6. The average Bonchev–Trinajstić information content (AvgIpc) is 3.12. The number of fused-ring (bicyclic) bond motifs is 5. The lowest BCUT2D eigenvalue weighted by molar-refractivity contribution is -0.757. The van der Waals surface area contributed by atoms with Crippen molar-refractivity contribution in [2.24, 2.45) is 22.7 Å². The van der Waals surface area contributed by atoms with Gasteiger partial charge in [0.2, 0.25) is 11.7 Å². The summed E-state index contributed by atoms with van der Waals surface area (Å²) in [4.78, 5) is 64.0. The number of hydrogen-bond donors (Lipinski definition) is 5. The molecule has 0 aliphatic heterocycles. The van der Waals surface area contributed by atoms with Gasteiger partial charge in [0.1, 0.15) is 6.61 Å². The topological polar surface area (TPSA) is 223 Å². The predicted molar refractivity (Wildman–Crippen MR) is 137 cm³/mol. The van der Waals surface area contributed by atoms with E-state index in [1.54, 1.807) is 13.0 Å². The highest BCUT2D eigenvalue weighted by Crippen LogP contribution is 2.69. The Morgan fingerprint density at radius 2 is 1.93 bits per heavy atom. The monoisotopic (exact) mass is 598 g/mol. The van der Waals surface area contributed by atoms with Crippen molar-refractivity contribution in [3.63, 3.8) is 0 Å². The Kier molecular flexibility index (Phi) is 8.36. The Labute approximate surface area is 239 Å². The summed E-state index contributed by atoms with van der Waals surface area (Å²) in [5.74, 6) is -5.15. The number of carbonyl (C=O) groups is 4. The number of esters is 1. The molecule has 2 fully saturated rings. The second-order valence-corrected chi connectivity index (χ2v) is 11.9. The number of ketones is 2. The number of halogens is 1. The molecular weight excluding hydrogens is 563 g/mol. The highest BCUT2D eigenvalue weighted by Gasteiger charge is 2.76. The number of ether oxygens (including phenoxy) is 1. The van der Waals surface area contributed by atoms with E-state index >= 15 is 4.39 Å². The number of Topliss-reactive ketones (excluding diaryl/α,β-unsaturated/α-hetero) is 1. The van der Waals surface area contributed by atoms with E-state index in [9.17, 15) is 49.7 Å². The number of rotatable bonds is 10. The van der Waals surface area contributed by atoms with Gasteiger partial charge < -0.3 is 35.3 Å². The normalized spacial score (nSPS) is 39.2. The zero-order valence-electron chi connectivity index (χ0n) is 23.2. The van der Waals surface area contributed by atoms with Crippen molar-refractivity contribution in [2.45, 2.75) is 75.5 Å². The molecule has 15 heteroatoms. The summed E-state index contributed by atoms with van der Waals surface area (Å²) in [6.45, 7) is 0.463. The summed E-state index contributed by atoms with van der Waals surface area (Å²) in [6, 6.07) is -1.64. The lowest BCUT2D eigenvalue weighted by atomic mass is 9.45. The maximum atomic E-state index is 17.2. The molecule has 232 valence electrons. The smallest absolute Gasteiger partial charge is 0.331 e. The Morgan fingerprint density at radius 1 is 1.24 bits per heavy atom. The standard InChI is InChI=1S/C27H35FN2O12/c1-24-7-5-15(32)9-14(24)3-4-16-17-10-19(33)27(38,25(17,2)11-20(34)26(16,24)28)21(35)13-41-23(37)18(12-31)29-22(36)6-8-42-30(39)40/h3,5,7,16-20,31,33-34,38H,4,6,8-13H2,1-2H3,(H,29,36)/t16-,17-,18?,19+,20-,24-,25-,26-,27-/m0/s1. The van der Waals surface area contributed by atoms with Crippen LogP contribution < -0.4 is 5.32 Å². The Morgan fingerprint density at radius 3 is 2.57 bits per heavy atom. The van der Waals surface area contributed by atoms with Gasteiger partial charge in [-0.25, -0.2) is 9.18 Å². The summed E-state index contributed by atoms with van der Waals surface area (Å²) in [6.07, 6.45) is 0.135. The number of hydrogen-bond acceptors (Lipinski definition) is 12. The number of allylic oxidation sites excluding steroid dienone is 4. The first-order valence-electron chi connectivity index (χ1n) is 13.6.